The van der Waals surface area contributed by atoms with E-state index >= 15 is 0 Å². The quantitative estimate of drug-likeness (QED) is 0.823. The van der Waals surface area contributed by atoms with Gasteiger partial charge in [-0.15, -0.1) is 0 Å². The van der Waals surface area contributed by atoms with Crippen LogP contribution in [0.5, 0.6) is 0 Å². The highest BCUT2D eigenvalue weighted by Gasteiger charge is 2.26. The average molecular weight is 272 g/mol. The Labute approximate surface area is 116 Å². The molecule has 2 atom stereocenters. The molecule has 2 unspecified atom stereocenters. The van der Waals surface area contributed by atoms with Crippen LogP contribution in [-0.2, 0) is 0 Å². The Morgan fingerprint density at radius 2 is 1.94 bits per heavy atom. The van der Waals surface area contributed by atoms with E-state index in [1.165, 1.54) is 58.3 Å². The van der Waals surface area contributed by atoms with E-state index in [1.807, 2.05) is 0 Å². The summed E-state index contributed by atoms with van der Waals surface area (Å²) in [6, 6.07) is 0.750. The highest BCUT2D eigenvalue weighted by Crippen LogP contribution is 2.20. The molecule has 1 N–H and O–H groups in total. The van der Waals surface area contributed by atoms with Crippen LogP contribution >= 0.6 is 11.8 Å². The summed E-state index contributed by atoms with van der Waals surface area (Å²) in [6.07, 6.45) is 8.74. The third-order valence-electron chi connectivity index (χ3n) is 4.22. The highest BCUT2D eigenvalue weighted by atomic mass is 32.2. The Morgan fingerprint density at radius 1 is 1.17 bits per heavy atom. The Hall–Kier alpha value is 0.230. The highest BCUT2D eigenvalue weighted by molar-refractivity contribution is 7.98. The van der Waals surface area contributed by atoms with Crippen LogP contribution in [0.1, 0.15) is 32.1 Å². The second-order valence-corrected chi connectivity index (χ2v) is 6.67. The fourth-order valence-electron chi connectivity index (χ4n) is 3.32. The Morgan fingerprint density at radius 3 is 2.67 bits per heavy atom. The van der Waals surface area contributed by atoms with Crippen LogP contribution in [0.25, 0.3) is 0 Å². The van der Waals surface area contributed by atoms with Gasteiger partial charge in [-0.25, -0.2) is 0 Å². The zero-order valence-electron chi connectivity index (χ0n) is 11.7. The molecular weight excluding hydrogens is 244 g/mol. The summed E-state index contributed by atoms with van der Waals surface area (Å²) < 4.78 is 0. The van der Waals surface area contributed by atoms with E-state index in [2.05, 4.69) is 16.1 Å². The van der Waals surface area contributed by atoms with Crippen molar-refractivity contribution in [3.05, 3.63) is 0 Å². The van der Waals surface area contributed by atoms with Crippen molar-refractivity contribution in [2.75, 3.05) is 44.7 Å². The number of piperidine rings is 2. The normalized spacial score (nSPS) is 29.3. The smallest absolute Gasteiger partial charge is 0.0757 e. The fourth-order valence-corrected chi connectivity index (χ4v) is 3.81. The summed E-state index contributed by atoms with van der Waals surface area (Å²) >= 11 is 1.74. The van der Waals surface area contributed by atoms with Gasteiger partial charge in [-0.3, -0.25) is 9.80 Å². The monoisotopic (exact) mass is 272 g/mol. The van der Waals surface area contributed by atoms with Crippen molar-refractivity contribution in [1.29, 1.82) is 0 Å². The van der Waals surface area contributed by atoms with Crippen molar-refractivity contribution >= 4 is 11.8 Å². The molecule has 2 saturated heterocycles. The second kappa shape index (κ2) is 7.73. The molecule has 3 nitrogen and oxygen atoms in total. The molecule has 106 valence electrons. The van der Waals surface area contributed by atoms with Crippen molar-refractivity contribution in [3.63, 3.8) is 0 Å². The van der Waals surface area contributed by atoms with Crippen LogP contribution in [0.15, 0.2) is 0 Å². The van der Waals surface area contributed by atoms with E-state index < -0.39 is 0 Å². The van der Waals surface area contributed by atoms with Crippen LogP contribution in [-0.4, -0.2) is 71.8 Å². The lowest BCUT2D eigenvalue weighted by molar-refractivity contribution is 0.0566. The van der Waals surface area contributed by atoms with E-state index in [0.29, 0.717) is 0 Å². The molecule has 0 aliphatic carbocycles. The summed E-state index contributed by atoms with van der Waals surface area (Å²) in [7, 11) is 0. The molecule has 0 spiro atoms. The number of hydrogen-bond acceptors (Lipinski definition) is 4. The summed E-state index contributed by atoms with van der Waals surface area (Å²) in [5.74, 6) is 0.866. The predicted molar refractivity (Wildman–Crippen MR) is 79.3 cm³/mol. The molecule has 0 bridgehead atoms. The lowest BCUT2D eigenvalue weighted by Crippen LogP contribution is -2.51. The summed E-state index contributed by atoms with van der Waals surface area (Å²) in [4.78, 5) is 5.17. The number of likely N-dealkylation sites (tertiary alicyclic amines) is 2. The maximum absolute atomic E-state index is 9.92. The maximum atomic E-state index is 9.92. The van der Waals surface area contributed by atoms with Crippen LogP contribution in [0.4, 0.5) is 0 Å². The zero-order chi connectivity index (χ0) is 12.8. The summed E-state index contributed by atoms with van der Waals surface area (Å²) in [5, 5.41) is 9.92. The van der Waals surface area contributed by atoms with Gasteiger partial charge < -0.3 is 5.11 Å². The molecule has 2 fully saturated rings. The average Bonchev–Trinajstić information content (AvgIpc) is 2.40. The molecule has 2 heterocycles. The number of β-amino-alcohol motifs (C(OH)–C–C–N with tert-alkyl or cyclic N) is 1. The molecule has 2 aliphatic heterocycles. The van der Waals surface area contributed by atoms with Crippen molar-refractivity contribution in [3.8, 4) is 0 Å². The van der Waals surface area contributed by atoms with Gasteiger partial charge in [-0.05, 0) is 51.6 Å². The lowest BCUT2D eigenvalue weighted by atomic mass is 10.0. The Balaban J connectivity index is 1.76. The number of rotatable bonds is 5. The van der Waals surface area contributed by atoms with E-state index in [-0.39, 0.29) is 6.10 Å². The van der Waals surface area contributed by atoms with Gasteiger partial charge >= 0.3 is 0 Å². The summed E-state index contributed by atoms with van der Waals surface area (Å²) in [5.41, 5.74) is 0. The van der Waals surface area contributed by atoms with E-state index in [0.717, 1.165) is 18.3 Å². The fraction of sp³-hybridized carbons (Fsp3) is 1.00. The molecule has 0 radical (unpaired) electrons. The molecule has 4 heteroatoms. The van der Waals surface area contributed by atoms with Gasteiger partial charge in [0.2, 0.25) is 0 Å². The third-order valence-corrected chi connectivity index (χ3v) is 4.93. The largest absolute Gasteiger partial charge is 0.391 e. The van der Waals surface area contributed by atoms with E-state index in [1.54, 1.807) is 11.8 Å². The molecule has 0 amide bonds. The first-order valence-corrected chi connectivity index (χ1v) is 8.82. The first kappa shape index (κ1) is 14.6. The molecule has 18 heavy (non-hydrogen) atoms. The predicted octanol–water partition coefficient (Wildman–Crippen LogP) is 1.66. The maximum Gasteiger partial charge on any atom is 0.0757 e. The van der Waals surface area contributed by atoms with Gasteiger partial charge in [-0.1, -0.05) is 6.42 Å². The SMILES string of the molecule is CSCC(O)CN1CCCC(N2CCCCC2)C1. The number of nitrogens with zero attached hydrogens (tertiary/aromatic N) is 2. The van der Waals surface area contributed by atoms with Crippen molar-refractivity contribution in [2.45, 2.75) is 44.2 Å². The van der Waals surface area contributed by atoms with Gasteiger partial charge in [0.05, 0.1) is 6.10 Å². The van der Waals surface area contributed by atoms with Crippen molar-refractivity contribution < 1.29 is 5.11 Å². The molecule has 0 aromatic heterocycles. The minimum Gasteiger partial charge on any atom is -0.391 e. The van der Waals surface area contributed by atoms with E-state index in [4.69, 9.17) is 0 Å². The Bertz CT molecular complexity index is 234. The molecule has 2 aliphatic rings. The van der Waals surface area contributed by atoms with Gasteiger partial charge in [-0.2, -0.15) is 11.8 Å². The van der Waals surface area contributed by atoms with Crippen LogP contribution in [0, 0.1) is 0 Å². The first-order valence-electron chi connectivity index (χ1n) is 7.43. The summed E-state index contributed by atoms with van der Waals surface area (Å²) in [6.45, 7) is 5.81. The number of aliphatic hydroxyl groups excluding tert-OH is 1. The van der Waals surface area contributed by atoms with Crippen LogP contribution in [0.3, 0.4) is 0 Å². The topological polar surface area (TPSA) is 26.7 Å². The van der Waals surface area contributed by atoms with Crippen LogP contribution < -0.4 is 0 Å². The first-order chi connectivity index (χ1) is 8.79. The lowest BCUT2D eigenvalue weighted by Gasteiger charge is -2.41. The molecular formula is C14H28N2OS. The number of hydrogen-bond donors (Lipinski definition) is 1. The number of thioether (sulfide) groups is 1. The molecule has 0 aromatic carbocycles. The van der Waals surface area contributed by atoms with Gasteiger partial charge in [0, 0.05) is 24.9 Å². The Kier molecular flexibility index (Phi) is 6.29. The minimum absolute atomic E-state index is 0.153. The van der Waals surface area contributed by atoms with Gasteiger partial charge in [0.1, 0.15) is 0 Å². The standard InChI is InChI=1S/C14H28N2OS/c1-18-12-14(17)11-15-7-5-6-13(10-15)16-8-3-2-4-9-16/h13-14,17H,2-12H2,1H3. The van der Waals surface area contributed by atoms with Crippen LogP contribution in [0.2, 0.25) is 0 Å². The molecule has 0 saturated carbocycles. The van der Waals surface area contributed by atoms with Crippen molar-refractivity contribution in [1.82, 2.24) is 9.80 Å². The minimum atomic E-state index is -0.153. The van der Waals surface area contributed by atoms with Gasteiger partial charge in [0.15, 0.2) is 0 Å². The second-order valence-electron chi connectivity index (χ2n) is 5.76. The van der Waals surface area contributed by atoms with Crippen molar-refractivity contribution in [2.24, 2.45) is 0 Å². The van der Waals surface area contributed by atoms with Gasteiger partial charge in [0.25, 0.3) is 0 Å². The zero-order valence-corrected chi connectivity index (χ0v) is 12.5. The molecule has 2 rings (SSSR count). The molecule has 0 aromatic rings. The number of aliphatic hydroxyl groups is 1. The third kappa shape index (κ3) is 4.41. The van der Waals surface area contributed by atoms with E-state index in [9.17, 15) is 5.11 Å².